The van der Waals surface area contributed by atoms with Crippen LogP contribution in [0, 0.1) is 5.41 Å². The lowest BCUT2D eigenvalue weighted by Gasteiger charge is -2.50. The highest BCUT2D eigenvalue weighted by molar-refractivity contribution is 8.18. The maximum absolute atomic E-state index is 13.6. The molecule has 3 aliphatic rings. The summed E-state index contributed by atoms with van der Waals surface area (Å²) >= 11 is 1.02. The highest BCUT2D eigenvalue weighted by Crippen LogP contribution is 2.57. The monoisotopic (exact) mass is 419 g/mol. The van der Waals surface area contributed by atoms with Gasteiger partial charge in [0.05, 0.1) is 16.2 Å². The van der Waals surface area contributed by atoms with E-state index < -0.39 is 5.54 Å². The lowest BCUT2D eigenvalue weighted by atomic mass is 9.64. The molecule has 2 N–H and O–H groups in total. The Hall–Kier alpha value is -2.86. The van der Waals surface area contributed by atoms with E-state index in [1.807, 2.05) is 42.2 Å². The van der Waals surface area contributed by atoms with Gasteiger partial charge >= 0.3 is 0 Å². The fourth-order valence-corrected chi connectivity index (χ4v) is 5.82. The summed E-state index contributed by atoms with van der Waals surface area (Å²) in [5, 5.41) is 10.4. The van der Waals surface area contributed by atoms with Crippen molar-refractivity contribution >= 4 is 40.0 Å². The molecule has 5 nitrogen and oxygen atoms in total. The van der Waals surface area contributed by atoms with Crippen LogP contribution >= 0.6 is 11.8 Å². The first kappa shape index (κ1) is 20.4. The molecule has 0 spiro atoms. The third-order valence-electron chi connectivity index (χ3n) is 6.12. The molecule has 0 bridgehead atoms. The largest absolute Gasteiger partial charge is 0.302 e. The Kier molecular flexibility index (Phi) is 4.66. The molecule has 30 heavy (non-hydrogen) atoms. The number of allylic oxidation sites excluding steroid dienone is 5. The van der Waals surface area contributed by atoms with Crippen LogP contribution in [-0.2, 0) is 15.0 Å². The van der Waals surface area contributed by atoms with Gasteiger partial charge < -0.3 is 10.2 Å². The Balaban J connectivity index is 2.03. The molecule has 1 aromatic carbocycles. The molecule has 6 heteroatoms. The molecule has 0 radical (unpaired) electrons. The van der Waals surface area contributed by atoms with E-state index in [-0.39, 0.29) is 22.4 Å². The third kappa shape index (κ3) is 2.74. The van der Waals surface area contributed by atoms with Gasteiger partial charge in [-0.05, 0) is 50.1 Å². The first-order valence-corrected chi connectivity index (χ1v) is 10.7. The molecule has 0 aliphatic carbocycles. The van der Waals surface area contributed by atoms with Crippen LogP contribution in [-0.4, -0.2) is 22.5 Å². The van der Waals surface area contributed by atoms with Gasteiger partial charge in [-0.25, -0.2) is 0 Å². The Morgan fingerprint density at radius 1 is 1.30 bits per heavy atom. The summed E-state index contributed by atoms with van der Waals surface area (Å²) in [5.74, 6) is -0.555. The Bertz CT molecular complexity index is 1110. The maximum atomic E-state index is 13.6. The fourth-order valence-electron chi connectivity index (χ4n) is 5.03. The topological polar surface area (TPSA) is 73.3 Å². The van der Waals surface area contributed by atoms with Crippen molar-refractivity contribution in [1.29, 1.82) is 5.41 Å². The molecule has 1 unspecified atom stereocenters. The molecular weight excluding hydrogens is 394 g/mol. The molecule has 4 rings (SSSR count). The highest BCUT2D eigenvalue weighted by atomic mass is 32.2. The Morgan fingerprint density at radius 3 is 2.63 bits per heavy atom. The van der Waals surface area contributed by atoms with Gasteiger partial charge in [-0.15, -0.1) is 0 Å². The first-order valence-electron chi connectivity index (χ1n) is 9.92. The Labute approximate surface area is 181 Å². The maximum Gasteiger partial charge on any atom is 0.264 e. The van der Waals surface area contributed by atoms with Crippen molar-refractivity contribution in [2.45, 2.75) is 45.1 Å². The minimum absolute atomic E-state index is 0.0497. The van der Waals surface area contributed by atoms with Crippen LogP contribution in [0.25, 0.3) is 5.57 Å². The molecule has 3 heterocycles. The van der Waals surface area contributed by atoms with Crippen LogP contribution in [0.15, 0.2) is 59.6 Å². The number of amides is 2. The van der Waals surface area contributed by atoms with Crippen LogP contribution in [0.5, 0.6) is 0 Å². The van der Waals surface area contributed by atoms with Crippen molar-refractivity contribution in [2.24, 2.45) is 0 Å². The first-order chi connectivity index (χ1) is 14.2. The second-order valence-corrected chi connectivity index (χ2v) is 9.63. The number of nitrogens with zero attached hydrogens (tertiary/aromatic N) is 1. The number of rotatable bonds is 3. The molecule has 0 aromatic heterocycles. The summed E-state index contributed by atoms with van der Waals surface area (Å²) in [6.07, 6.45) is 8.68. The molecule has 2 amide bonds. The molecule has 1 fully saturated rings. The SMILES string of the molecule is C=CC(=CC=CC)C1(C)CC(C)(C)N2C(=O)C(=C3SC(=N)NC3=O)c3cccc1c32. The van der Waals surface area contributed by atoms with Crippen molar-refractivity contribution in [1.82, 2.24) is 5.32 Å². The molecule has 1 atom stereocenters. The summed E-state index contributed by atoms with van der Waals surface area (Å²) in [4.78, 5) is 28.2. The summed E-state index contributed by atoms with van der Waals surface area (Å²) in [7, 11) is 0. The van der Waals surface area contributed by atoms with Crippen molar-refractivity contribution in [3.8, 4) is 0 Å². The average molecular weight is 420 g/mol. The predicted molar refractivity (Wildman–Crippen MR) is 123 cm³/mol. The molecule has 0 saturated carbocycles. The van der Waals surface area contributed by atoms with Gasteiger partial charge in [0.15, 0.2) is 5.17 Å². The van der Waals surface area contributed by atoms with E-state index >= 15 is 0 Å². The molecular formula is C24H25N3O2S. The van der Waals surface area contributed by atoms with Gasteiger partial charge in [-0.1, -0.05) is 56.0 Å². The van der Waals surface area contributed by atoms with Gasteiger partial charge in [0.2, 0.25) is 0 Å². The van der Waals surface area contributed by atoms with Crippen LogP contribution in [0.1, 0.15) is 45.2 Å². The smallest absolute Gasteiger partial charge is 0.264 e. The quantitative estimate of drug-likeness (QED) is 0.552. The van der Waals surface area contributed by atoms with E-state index in [1.165, 1.54) is 0 Å². The Morgan fingerprint density at radius 2 is 2.03 bits per heavy atom. The second kappa shape index (κ2) is 6.84. The van der Waals surface area contributed by atoms with Crippen LogP contribution in [0.4, 0.5) is 5.69 Å². The third-order valence-corrected chi connectivity index (χ3v) is 7.02. The number of nitrogens with one attached hydrogen (secondary N) is 2. The van der Waals surface area contributed by atoms with E-state index in [2.05, 4.69) is 44.8 Å². The van der Waals surface area contributed by atoms with Gasteiger partial charge in [0, 0.05) is 16.5 Å². The van der Waals surface area contributed by atoms with Crippen LogP contribution in [0.3, 0.4) is 0 Å². The van der Waals surface area contributed by atoms with E-state index in [9.17, 15) is 9.59 Å². The lowest BCUT2D eigenvalue weighted by molar-refractivity contribution is -0.116. The summed E-state index contributed by atoms with van der Waals surface area (Å²) in [6.45, 7) is 12.4. The number of hydrogen-bond donors (Lipinski definition) is 2. The van der Waals surface area contributed by atoms with Crippen LogP contribution in [0.2, 0.25) is 0 Å². The minimum Gasteiger partial charge on any atom is -0.302 e. The predicted octanol–water partition coefficient (Wildman–Crippen LogP) is 4.67. The van der Waals surface area contributed by atoms with Crippen molar-refractivity contribution in [3.05, 3.63) is 70.7 Å². The molecule has 3 aliphatic heterocycles. The van der Waals surface area contributed by atoms with E-state index in [4.69, 9.17) is 5.41 Å². The number of anilines is 1. The standard InChI is InChI=1S/C24H25N3O2S/c1-6-8-10-14(7-2)24(5)13-23(3,4)27-18-15(11-9-12-16(18)24)17(21(27)29)19-20(28)26-22(25)30-19/h6-12H,2,13H2,1,3-5H3,(H2,25,26,28). The van der Waals surface area contributed by atoms with Crippen molar-refractivity contribution in [3.63, 3.8) is 0 Å². The number of amidine groups is 1. The van der Waals surface area contributed by atoms with Gasteiger partial charge in [0.1, 0.15) is 0 Å². The number of thioether (sulfide) groups is 1. The summed E-state index contributed by atoms with van der Waals surface area (Å²) < 4.78 is 0. The summed E-state index contributed by atoms with van der Waals surface area (Å²) in [5.41, 5.74) is 3.35. The van der Waals surface area contributed by atoms with Gasteiger partial charge in [0.25, 0.3) is 11.8 Å². The van der Waals surface area contributed by atoms with E-state index in [1.54, 1.807) is 0 Å². The number of carbonyl (C=O) groups excluding carboxylic acids is 2. The fraction of sp³-hybridized carbons (Fsp3) is 0.292. The number of para-hydroxylation sites is 1. The molecule has 1 aromatic rings. The molecule has 154 valence electrons. The van der Waals surface area contributed by atoms with Gasteiger partial charge in [-0.3, -0.25) is 15.0 Å². The van der Waals surface area contributed by atoms with E-state index in [0.29, 0.717) is 10.5 Å². The number of benzene rings is 1. The zero-order valence-corrected chi connectivity index (χ0v) is 18.4. The average Bonchev–Trinajstić information content (AvgIpc) is 3.15. The molecule has 1 saturated heterocycles. The normalized spacial score (nSPS) is 27.7. The lowest BCUT2D eigenvalue weighted by Crippen LogP contribution is -2.54. The van der Waals surface area contributed by atoms with E-state index in [0.717, 1.165) is 40.6 Å². The zero-order chi connectivity index (χ0) is 21.8. The highest BCUT2D eigenvalue weighted by Gasteiger charge is 2.53. The minimum atomic E-state index is -0.470. The second-order valence-electron chi connectivity index (χ2n) is 8.60. The van der Waals surface area contributed by atoms with Crippen molar-refractivity contribution in [2.75, 3.05) is 4.90 Å². The van der Waals surface area contributed by atoms with Crippen LogP contribution < -0.4 is 10.2 Å². The van der Waals surface area contributed by atoms with Crippen molar-refractivity contribution < 1.29 is 9.59 Å². The summed E-state index contributed by atoms with van der Waals surface area (Å²) in [6, 6.07) is 5.92. The van der Waals surface area contributed by atoms with Gasteiger partial charge in [-0.2, -0.15) is 0 Å². The number of hydrogen-bond acceptors (Lipinski definition) is 4. The zero-order valence-electron chi connectivity index (χ0n) is 17.6. The number of carbonyl (C=O) groups is 2.